The first-order valence-electron chi connectivity index (χ1n) is 13.0. The van der Waals surface area contributed by atoms with E-state index in [1.54, 1.807) is 66.7 Å². The minimum Gasteiger partial charge on any atom is -0.497 e. The van der Waals surface area contributed by atoms with E-state index in [-0.39, 0.29) is 0 Å². The van der Waals surface area contributed by atoms with Crippen molar-refractivity contribution in [3.8, 4) is 23.0 Å². The highest BCUT2D eigenvalue weighted by Gasteiger charge is 2.56. The van der Waals surface area contributed by atoms with Crippen molar-refractivity contribution < 1.29 is 38.4 Å². The minimum atomic E-state index is -1.81. The van der Waals surface area contributed by atoms with Crippen LogP contribution in [0.1, 0.15) is 24.8 Å². The van der Waals surface area contributed by atoms with Gasteiger partial charge in [0.15, 0.2) is 0 Å². The van der Waals surface area contributed by atoms with Crippen molar-refractivity contribution in [2.75, 3.05) is 39.1 Å². The van der Waals surface area contributed by atoms with Crippen LogP contribution in [-0.2, 0) is 14.4 Å². The number of nitrogens with one attached hydrogen (secondary N) is 2. The van der Waals surface area contributed by atoms with Gasteiger partial charge in [0.2, 0.25) is 11.8 Å². The number of hydrogen-bond acceptors (Lipinski definition) is 8. The van der Waals surface area contributed by atoms with Gasteiger partial charge in [0.1, 0.15) is 34.7 Å². The zero-order valence-corrected chi connectivity index (χ0v) is 23.6. The van der Waals surface area contributed by atoms with Crippen LogP contribution in [0.15, 0.2) is 66.7 Å². The van der Waals surface area contributed by atoms with E-state index in [1.807, 2.05) is 0 Å². The Labute approximate surface area is 238 Å². The fourth-order valence-electron chi connectivity index (χ4n) is 5.48. The summed E-state index contributed by atoms with van der Waals surface area (Å²) in [6.45, 7) is 1.43. The van der Waals surface area contributed by atoms with Gasteiger partial charge in [-0.2, -0.15) is 0 Å². The Morgan fingerprint density at radius 3 is 1.85 bits per heavy atom. The quantitative estimate of drug-likeness (QED) is 0.333. The molecule has 2 amide bonds. The zero-order chi connectivity index (χ0) is 29.7. The van der Waals surface area contributed by atoms with Crippen molar-refractivity contribution in [3.63, 3.8) is 0 Å². The Kier molecular flexibility index (Phi) is 8.83. The van der Waals surface area contributed by atoms with Crippen molar-refractivity contribution in [1.82, 2.24) is 0 Å². The first-order chi connectivity index (χ1) is 19.6. The molecule has 10 heteroatoms. The maximum Gasteiger partial charge on any atom is 0.235 e. The third-order valence-corrected chi connectivity index (χ3v) is 7.36. The first kappa shape index (κ1) is 29.4. The number of amides is 2. The molecule has 0 aliphatic heterocycles. The lowest BCUT2D eigenvalue weighted by atomic mass is 9.61. The molecular weight excluding hydrogens is 528 g/mol. The average Bonchev–Trinajstić information content (AvgIpc) is 2.96. The highest BCUT2D eigenvalue weighted by molar-refractivity contribution is 6.11. The second-order valence-electron chi connectivity index (χ2n) is 9.97. The number of ketones is 1. The van der Waals surface area contributed by atoms with E-state index in [0.717, 1.165) is 0 Å². The lowest BCUT2D eigenvalue weighted by molar-refractivity contribution is -0.150. The summed E-state index contributed by atoms with van der Waals surface area (Å²) in [5, 5.41) is 17.2. The normalized spacial score (nSPS) is 21.9. The van der Waals surface area contributed by atoms with Crippen molar-refractivity contribution in [2.24, 2.45) is 11.8 Å². The van der Waals surface area contributed by atoms with Gasteiger partial charge >= 0.3 is 0 Å². The number of aliphatic hydroxyl groups is 1. The monoisotopic (exact) mass is 562 g/mol. The largest absolute Gasteiger partial charge is 0.497 e. The average molecular weight is 563 g/mol. The molecule has 1 fully saturated rings. The molecule has 1 aliphatic rings. The number of carbonyl (C=O) groups is 3. The second kappa shape index (κ2) is 12.3. The number of methoxy groups -OCH3 is 4. The fourth-order valence-corrected chi connectivity index (χ4v) is 5.48. The maximum absolute atomic E-state index is 14.0. The molecule has 41 heavy (non-hydrogen) atoms. The zero-order valence-electron chi connectivity index (χ0n) is 23.6. The number of carbonyl (C=O) groups excluding carboxylic acids is 3. The Morgan fingerprint density at radius 1 is 0.780 bits per heavy atom. The number of para-hydroxylation sites is 4. The lowest BCUT2D eigenvalue weighted by Crippen LogP contribution is -2.56. The van der Waals surface area contributed by atoms with Gasteiger partial charge in [-0.25, -0.2) is 0 Å². The second-order valence-corrected chi connectivity index (χ2v) is 9.97. The van der Waals surface area contributed by atoms with E-state index in [1.165, 1.54) is 35.4 Å². The molecule has 0 heterocycles. The van der Waals surface area contributed by atoms with Crippen molar-refractivity contribution in [2.45, 2.75) is 24.9 Å². The van der Waals surface area contributed by atoms with Gasteiger partial charge in [0.05, 0.1) is 51.3 Å². The van der Waals surface area contributed by atoms with Gasteiger partial charge in [-0.15, -0.1) is 0 Å². The molecule has 0 spiro atoms. The Balaban J connectivity index is 1.85. The Bertz CT molecular complexity index is 1440. The predicted molar refractivity (Wildman–Crippen MR) is 153 cm³/mol. The van der Waals surface area contributed by atoms with Gasteiger partial charge in [-0.1, -0.05) is 30.3 Å². The number of rotatable bonds is 9. The molecule has 1 saturated carbocycles. The van der Waals surface area contributed by atoms with E-state index in [2.05, 4.69) is 10.6 Å². The molecule has 3 aromatic rings. The molecule has 3 aromatic carbocycles. The summed E-state index contributed by atoms with van der Waals surface area (Å²) in [6.07, 6.45) is -0.421. The maximum atomic E-state index is 14.0. The molecule has 0 aromatic heterocycles. The van der Waals surface area contributed by atoms with E-state index in [9.17, 15) is 19.5 Å². The Morgan fingerprint density at radius 2 is 1.32 bits per heavy atom. The number of ether oxygens (including phenoxy) is 4. The van der Waals surface area contributed by atoms with Gasteiger partial charge in [0, 0.05) is 18.4 Å². The van der Waals surface area contributed by atoms with Crippen molar-refractivity contribution >= 4 is 29.0 Å². The Hall–Kier alpha value is -4.57. The van der Waals surface area contributed by atoms with Crippen LogP contribution in [0.2, 0.25) is 0 Å². The SMILES string of the molecule is COc1ccc(C2C(C(=O)Nc3ccccc3OC)C(=O)CC(C)(O)C2C(=O)Nc2ccccc2OC)c(OC)c1. The van der Waals surface area contributed by atoms with Crippen LogP contribution < -0.4 is 29.6 Å². The van der Waals surface area contributed by atoms with Crippen LogP contribution in [0.25, 0.3) is 0 Å². The predicted octanol–water partition coefficient (Wildman–Crippen LogP) is 4.04. The molecule has 4 rings (SSSR count). The first-order valence-corrected chi connectivity index (χ1v) is 13.0. The summed E-state index contributed by atoms with van der Waals surface area (Å²) in [4.78, 5) is 41.6. The summed E-state index contributed by atoms with van der Waals surface area (Å²) in [6, 6.07) is 18.5. The van der Waals surface area contributed by atoms with Crippen LogP contribution in [0.4, 0.5) is 11.4 Å². The minimum absolute atomic E-state index is 0.296. The molecule has 4 unspecified atom stereocenters. The van der Waals surface area contributed by atoms with Gasteiger partial charge in [-0.05, 0) is 42.8 Å². The van der Waals surface area contributed by atoms with E-state index in [0.29, 0.717) is 39.9 Å². The standard InChI is InChI=1S/C31H34N2O8/c1-31(37)17-22(34)27(29(35)32-20-10-6-8-12-23(20)39-3)26(19-15-14-18(38-2)16-25(19)41-5)28(31)30(36)33-21-11-7-9-13-24(21)40-4/h6-16,26-28,37H,17H2,1-5H3,(H,32,35)(H,33,36). The summed E-state index contributed by atoms with van der Waals surface area (Å²) in [5.74, 6) is -3.89. The number of hydrogen-bond donors (Lipinski definition) is 3. The van der Waals surface area contributed by atoms with Gasteiger partial charge in [-0.3, -0.25) is 14.4 Å². The topological polar surface area (TPSA) is 132 Å². The molecule has 4 atom stereocenters. The summed E-state index contributed by atoms with van der Waals surface area (Å²) >= 11 is 0. The van der Waals surface area contributed by atoms with Crippen LogP contribution in [0.5, 0.6) is 23.0 Å². The number of Topliss-reactive ketones (excluding diaryl/α,β-unsaturated/α-hetero) is 1. The molecule has 216 valence electrons. The molecule has 0 saturated heterocycles. The van der Waals surface area contributed by atoms with Crippen LogP contribution in [0, 0.1) is 11.8 Å². The molecule has 0 bridgehead atoms. The van der Waals surface area contributed by atoms with Crippen LogP contribution >= 0.6 is 0 Å². The highest BCUT2D eigenvalue weighted by atomic mass is 16.5. The summed E-state index contributed by atoms with van der Waals surface area (Å²) in [7, 11) is 5.88. The summed E-state index contributed by atoms with van der Waals surface area (Å²) in [5.41, 5.74) is -0.675. The van der Waals surface area contributed by atoms with E-state index in [4.69, 9.17) is 18.9 Å². The molecule has 0 radical (unpaired) electrons. The van der Waals surface area contributed by atoms with E-state index < -0.39 is 47.4 Å². The highest BCUT2D eigenvalue weighted by Crippen LogP contribution is 2.49. The molecule has 10 nitrogen and oxygen atoms in total. The van der Waals surface area contributed by atoms with Crippen molar-refractivity contribution in [1.29, 1.82) is 0 Å². The third kappa shape index (κ3) is 5.97. The molecule has 1 aliphatic carbocycles. The van der Waals surface area contributed by atoms with Gasteiger partial charge < -0.3 is 34.7 Å². The lowest BCUT2D eigenvalue weighted by Gasteiger charge is -2.44. The molecular formula is C31H34N2O8. The summed E-state index contributed by atoms with van der Waals surface area (Å²) < 4.78 is 21.7. The van der Waals surface area contributed by atoms with Crippen molar-refractivity contribution in [3.05, 3.63) is 72.3 Å². The molecule has 3 N–H and O–H groups in total. The van der Waals surface area contributed by atoms with Crippen LogP contribution in [0.3, 0.4) is 0 Å². The number of anilines is 2. The number of benzene rings is 3. The smallest absolute Gasteiger partial charge is 0.235 e. The van der Waals surface area contributed by atoms with Gasteiger partial charge in [0.25, 0.3) is 0 Å². The van der Waals surface area contributed by atoms with E-state index >= 15 is 0 Å². The third-order valence-electron chi connectivity index (χ3n) is 7.36. The van der Waals surface area contributed by atoms with Crippen LogP contribution in [-0.4, -0.2) is 56.7 Å². The fraction of sp³-hybridized carbons (Fsp3) is 0.323.